The summed E-state index contributed by atoms with van der Waals surface area (Å²) in [6, 6.07) is 9.16. The zero-order valence-electron chi connectivity index (χ0n) is 50.7. The van der Waals surface area contributed by atoms with Gasteiger partial charge in [-0.25, -0.2) is 39.7 Å². The third kappa shape index (κ3) is 16.0. The number of nitrogens with one attached hydrogen (secondary N) is 5. The molecule has 1 fully saturated rings. The number of rotatable bonds is 16. The Bertz CT molecular complexity index is 4060. The Kier molecular flexibility index (Phi) is 21.9. The molecule has 93 heavy (non-hydrogen) atoms. The number of nitrogens with zero attached hydrogens (tertiary/aromatic N) is 8. The van der Waals surface area contributed by atoms with E-state index in [1.165, 1.54) is 37.5 Å². The summed E-state index contributed by atoms with van der Waals surface area (Å²) in [7, 11) is 4.23. The largest absolute Gasteiger partial charge is 0.481 e. The Hall–Kier alpha value is -8.41. The van der Waals surface area contributed by atoms with Crippen LogP contribution < -0.4 is 31.5 Å². The Balaban J connectivity index is 1.05. The maximum Gasteiger partial charge on any atom is 0.415 e. The molecule has 1 saturated carbocycles. The standard InChI is InChI=1S/C60H63N13O14S6/c1-27(2)44-58-72-47(39(93-58)22-85-5)51(80)62-20-42(75)69-48(49(78)29-10-8-7-9-11-29)57-67-38(25-90-57)55-65-36(23-89-55)46-33(53-66-37(24-88-53)50(79)64-35(19-41(74)61-4)56-71-45(28(3)92-56)52(81)70-44)16-17-34(63-46)54-68-40(26-91-54)73(21-32(86-6)18-43(76)77)60(84)87-31-14-12-30(13-15-31)59(82)83/h7-11,16-17,23-27,30-32,35,44,48-49,78H,12-15,18-22H2,1-6H3,(H,61,74)(H,62,80)(H,64,79)(H,69,75)(H,70,81)(H,76,77)(H,82,83)/t30?,31?,32?,35-,44-,48-,49-/m0/s1. The molecule has 8 N–H and O–H groups in total. The number of hydrogen-bond acceptors (Lipinski definition) is 25. The second-order valence-corrected chi connectivity index (χ2v) is 27.7. The number of carboxylic acid groups (broad SMARTS) is 2. The van der Waals surface area contributed by atoms with E-state index in [0.29, 0.717) is 88.7 Å². The predicted molar refractivity (Wildman–Crippen MR) is 347 cm³/mol. The molecule has 0 radical (unpaired) electrons. The number of ether oxygens (including phenoxy) is 3. The van der Waals surface area contributed by atoms with Crippen molar-refractivity contribution < 1.29 is 67.9 Å². The monoisotopic (exact) mass is 1380 g/mol. The van der Waals surface area contributed by atoms with Crippen LogP contribution in [0.15, 0.2) is 64.0 Å². The molecule has 8 heterocycles. The molecule has 0 saturated heterocycles. The van der Waals surface area contributed by atoms with E-state index >= 15 is 0 Å². The number of methoxy groups -OCH3 is 2. The minimum absolute atomic E-state index is 0.0186. The number of fused-ring (bicyclic) bond motifs is 14. The fourth-order valence-electron chi connectivity index (χ4n) is 10.2. The van der Waals surface area contributed by atoms with E-state index in [1.54, 1.807) is 70.9 Å². The molecule has 2 aliphatic rings. The van der Waals surface area contributed by atoms with Crippen LogP contribution in [-0.4, -0.2) is 144 Å². The molecule has 1 unspecified atom stereocenters. The molecule has 6 amide bonds. The molecule has 10 rings (SSSR count). The minimum atomic E-state index is -1.32. The fraction of sp³-hybridized carbons (Fsp3) is 0.383. The van der Waals surface area contributed by atoms with Crippen molar-refractivity contribution in [1.29, 1.82) is 0 Å². The molecule has 488 valence electrons. The van der Waals surface area contributed by atoms with Crippen LogP contribution in [0.1, 0.15) is 138 Å². The van der Waals surface area contributed by atoms with Crippen LogP contribution >= 0.6 is 68.0 Å². The van der Waals surface area contributed by atoms with Crippen molar-refractivity contribution in [2.75, 3.05) is 39.3 Å². The summed E-state index contributed by atoms with van der Waals surface area (Å²) in [5, 5.41) is 53.9. The minimum Gasteiger partial charge on any atom is -0.481 e. The molecular weight excluding hydrogens is 1320 g/mol. The van der Waals surface area contributed by atoms with Gasteiger partial charge >= 0.3 is 18.0 Å². The van der Waals surface area contributed by atoms with Gasteiger partial charge in [0.2, 0.25) is 11.8 Å². The van der Waals surface area contributed by atoms with Crippen molar-refractivity contribution in [3.05, 3.63) is 111 Å². The van der Waals surface area contributed by atoms with E-state index in [-0.39, 0.29) is 59.1 Å². The van der Waals surface area contributed by atoms with E-state index in [9.17, 15) is 53.7 Å². The summed E-state index contributed by atoms with van der Waals surface area (Å²) in [5.41, 5.74) is 2.18. The van der Waals surface area contributed by atoms with Gasteiger partial charge in [-0.3, -0.25) is 38.5 Å². The highest BCUT2D eigenvalue weighted by Gasteiger charge is 2.35. The number of aliphatic carboxylic acids is 2. The van der Waals surface area contributed by atoms with Gasteiger partial charge in [-0.05, 0) is 56.2 Å². The first-order valence-electron chi connectivity index (χ1n) is 29.1. The Labute approximate surface area is 555 Å². The fourth-order valence-corrected chi connectivity index (χ4v) is 15.8. The van der Waals surface area contributed by atoms with Crippen LogP contribution in [-0.2, 0) is 40.0 Å². The van der Waals surface area contributed by atoms with Gasteiger partial charge in [-0.2, -0.15) is 0 Å². The Morgan fingerprint density at radius 3 is 2.11 bits per heavy atom. The number of aliphatic hydroxyl groups is 1. The van der Waals surface area contributed by atoms with E-state index in [2.05, 4.69) is 26.6 Å². The quantitative estimate of drug-likeness (QED) is 0.0450. The van der Waals surface area contributed by atoms with Crippen molar-refractivity contribution in [3.63, 3.8) is 0 Å². The van der Waals surface area contributed by atoms with Gasteiger partial charge in [-0.1, -0.05) is 44.2 Å². The molecule has 5 atom stereocenters. The van der Waals surface area contributed by atoms with Crippen molar-refractivity contribution in [3.8, 4) is 43.4 Å². The topological polar surface area (TPSA) is 379 Å². The number of benzene rings is 1. The zero-order chi connectivity index (χ0) is 66.2. The van der Waals surface area contributed by atoms with Gasteiger partial charge in [0, 0.05) is 53.2 Å². The summed E-state index contributed by atoms with van der Waals surface area (Å²) in [4.78, 5) is 144. The summed E-state index contributed by atoms with van der Waals surface area (Å²) >= 11 is 6.89. The molecule has 10 bridgehead atoms. The number of aliphatic hydroxyl groups excluding tert-OH is 1. The molecular formula is C60H63N13O14S6. The number of thiazole rings is 6. The van der Waals surface area contributed by atoms with Gasteiger partial charge in [0.25, 0.3) is 17.7 Å². The lowest BCUT2D eigenvalue weighted by Crippen LogP contribution is -2.42. The average molecular weight is 1380 g/mol. The number of aromatic nitrogens is 7. The number of carbonyl (C=O) groups is 8. The van der Waals surface area contributed by atoms with Crippen LogP contribution in [0.2, 0.25) is 0 Å². The van der Waals surface area contributed by atoms with Gasteiger partial charge < -0.3 is 56.1 Å². The number of anilines is 1. The SMILES string of the molecule is CNC(=O)C[C@@H]1NC(=O)c2csc(n2)-c2ccc(-c3nc(N(CC(CC(=O)O)OC)C(=O)OC4CCC(C(=O)O)CC4)cs3)nc2-c2csc(n2)-c2csc(n2)[C@H]([C@@H](O)c2ccccc2)NC(=O)CNC(=O)c2nc(sc2COC)[C@H](C(C)C)NC(=O)c2nc1sc2C. The first kappa shape index (κ1) is 67.5. The van der Waals surface area contributed by atoms with Gasteiger partial charge in [0.15, 0.2) is 0 Å². The lowest BCUT2D eigenvalue weighted by Gasteiger charge is -2.29. The molecule has 33 heteroatoms. The second kappa shape index (κ2) is 30.1. The van der Waals surface area contributed by atoms with Crippen LogP contribution in [0.4, 0.5) is 10.6 Å². The smallest absolute Gasteiger partial charge is 0.415 e. The maximum absolute atomic E-state index is 14.4. The number of hydrogen-bond donors (Lipinski definition) is 8. The van der Waals surface area contributed by atoms with Crippen molar-refractivity contribution in [1.82, 2.24) is 61.5 Å². The summed E-state index contributed by atoms with van der Waals surface area (Å²) in [5.74, 6) is -5.86. The Morgan fingerprint density at radius 2 is 1.40 bits per heavy atom. The third-order valence-corrected chi connectivity index (χ3v) is 20.9. The normalized spacial score (nSPS) is 18.7. The molecule has 8 aromatic rings. The van der Waals surface area contributed by atoms with Gasteiger partial charge in [0.1, 0.15) is 88.3 Å². The first-order valence-corrected chi connectivity index (χ1v) is 34.2. The van der Waals surface area contributed by atoms with Crippen LogP contribution in [0.25, 0.3) is 43.4 Å². The second-order valence-electron chi connectivity index (χ2n) is 21.9. The van der Waals surface area contributed by atoms with E-state index < -0.39 is 103 Å². The van der Waals surface area contributed by atoms with Gasteiger partial charge in [0.05, 0.1) is 67.2 Å². The highest BCUT2D eigenvalue weighted by molar-refractivity contribution is 7.15. The molecule has 1 aliphatic carbocycles. The van der Waals surface area contributed by atoms with Gasteiger partial charge in [-0.15, -0.1) is 68.0 Å². The number of pyridine rings is 1. The van der Waals surface area contributed by atoms with E-state index in [0.717, 1.165) is 56.7 Å². The number of carbonyl (C=O) groups excluding carboxylic acids is 6. The summed E-state index contributed by atoms with van der Waals surface area (Å²) in [6.45, 7) is 4.60. The highest BCUT2D eigenvalue weighted by atomic mass is 32.1. The molecule has 0 spiro atoms. The molecule has 1 aromatic carbocycles. The van der Waals surface area contributed by atoms with Crippen molar-refractivity contribution in [2.45, 2.75) is 102 Å². The maximum atomic E-state index is 14.4. The number of carboxylic acids is 2. The van der Waals surface area contributed by atoms with Crippen LogP contribution in [0.5, 0.6) is 0 Å². The first-order chi connectivity index (χ1) is 44.7. The number of aryl methyl sites for hydroxylation is 1. The Morgan fingerprint density at radius 1 is 0.699 bits per heavy atom. The van der Waals surface area contributed by atoms with E-state index in [4.69, 9.17) is 49.1 Å². The van der Waals surface area contributed by atoms with E-state index in [1.807, 2.05) is 13.8 Å². The highest BCUT2D eigenvalue weighted by Crippen LogP contribution is 2.41. The summed E-state index contributed by atoms with van der Waals surface area (Å²) in [6.07, 6.45) is -3.20. The zero-order valence-corrected chi connectivity index (χ0v) is 55.6. The predicted octanol–water partition coefficient (Wildman–Crippen LogP) is 8.39. The van der Waals surface area contributed by atoms with Crippen LogP contribution in [0.3, 0.4) is 0 Å². The lowest BCUT2D eigenvalue weighted by atomic mass is 9.87. The van der Waals surface area contributed by atoms with Crippen LogP contribution in [0, 0.1) is 18.8 Å². The lowest BCUT2D eigenvalue weighted by molar-refractivity contribution is -0.143. The molecule has 1 aliphatic heterocycles. The third-order valence-electron chi connectivity index (χ3n) is 15.1. The molecule has 7 aromatic heterocycles. The average Bonchev–Trinajstić information content (AvgIpc) is 1.69. The van der Waals surface area contributed by atoms with Crippen molar-refractivity contribution in [2.24, 2.45) is 11.8 Å². The number of amides is 6. The molecule has 27 nitrogen and oxygen atoms in total. The summed E-state index contributed by atoms with van der Waals surface area (Å²) < 4.78 is 16.8. The van der Waals surface area contributed by atoms with Crippen molar-refractivity contribution >= 4 is 121 Å².